The van der Waals surface area contributed by atoms with Crippen LogP contribution in [0.3, 0.4) is 0 Å². The number of nitrogens with one attached hydrogen (secondary N) is 4. The van der Waals surface area contributed by atoms with Crippen LogP contribution in [-0.2, 0) is 40.3 Å². The molecule has 4 aromatic carbocycles. The Morgan fingerprint density at radius 3 is 1.67 bits per heavy atom. The summed E-state index contributed by atoms with van der Waals surface area (Å²) in [4.78, 5) is 47.2. The minimum Gasteiger partial charge on any atom is -0.496 e. The Balaban J connectivity index is 1.04. The van der Waals surface area contributed by atoms with Crippen LogP contribution >= 0.6 is 0 Å². The standard InChI is InChI=1S/C47H44F2N14O3/c1-30-35(10-7-13-40(30)66-4)25-55-45(65)34-9-6-12-37(23-34)53-27-42-59-63(47(61(42)3)39-19-21-51-29-57-39)62-46(38-18-20-50-28-56-38)60(2)41(58-62)26-52-36-11-5-8-33(22-36)44(64)54-24-31-14-16-32(17-15-31)43(48)49/h5-23,28-29,43,52-53H,24-27H2,1-4H3/p+2. The summed E-state index contributed by atoms with van der Waals surface area (Å²) in [5.74, 6) is 2.58. The van der Waals surface area contributed by atoms with E-state index >= 15 is 0 Å². The van der Waals surface area contributed by atoms with Gasteiger partial charge in [0.2, 0.25) is 0 Å². The molecule has 2 amide bonds. The molecule has 0 saturated heterocycles. The van der Waals surface area contributed by atoms with Crippen molar-refractivity contribution in [2.75, 3.05) is 17.7 Å². The zero-order valence-corrected chi connectivity index (χ0v) is 36.5. The highest BCUT2D eigenvalue weighted by Gasteiger charge is 2.37. The average Bonchev–Trinajstić information content (AvgIpc) is 3.86. The number of ether oxygens (including phenoxy) is 1. The van der Waals surface area contributed by atoms with Gasteiger partial charge < -0.3 is 26.0 Å². The summed E-state index contributed by atoms with van der Waals surface area (Å²) in [5, 5.41) is 22.8. The molecule has 4 aromatic heterocycles. The quantitative estimate of drug-likeness (QED) is 0.0871. The van der Waals surface area contributed by atoms with Gasteiger partial charge in [0.1, 0.15) is 42.9 Å². The molecule has 0 aliphatic heterocycles. The molecule has 66 heavy (non-hydrogen) atoms. The average molecular weight is 893 g/mol. The number of alkyl halides is 2. The molecule has 17 nitrogen and oxygen atoms in total. The number of rotatable bonds is 17. The molecule has 0 aliphatic rings. The lowest BCUT2D eigenvalue weighted by Crippen LogP contribution is -2.37. The maximum absolute atomic E-state index is 13.3. The summed E-state index contributed by atoms with van der Waals surface area (Å²) in [7, 11) is 5.37. The van der Waals surface area contributed by atoms with Crippen LogP contribution in [-0.4, -0.2) is 58.6 Å². The highest BCUT2D eigenvalue weighted by atomic mass is 19.3. The summed E-state index contributed by atoms with van der Waals surface area (Å²) in [6.45, 7) is 2.98. The molecule has 8 rings (SSSR count). The van der Waals surface area contributed by atoms with Gasteiger partial charge in [-0.3, -0.25) is 9.59 Å². The second kappa shape index (κ2) is 19.9. The fourth-order valence-corrected chi connectivity index (χ4v) is 7.25. The number of nitrogens with zero attached hydrogens (tertiary/aromatic N) is 10. The maximum atomic E-state index is 13.3. The molecular weight excluding hydrogens is 847 g/mol. The van der Waals surface area contributed by atoms with Gasteiger partial charge in [-0.1, -0.05) is 48.5 Å². The highest BCUT2D eigenvalue weighted by molar-refractivity contribution is 5.95. The lowest BCUT2D eigenvalue weighted by atomic mass is 10.1. The molecule has 0 aliphatic carbocycles. The fraction of sp³-hybridized carbons (Fsp3) is 0.191. The van der Waals surface area contributed by atoms with E-state index in [0.29, 0.717) is 69.3 Å². The van der Waals surface area contributed by atoms with Gasteiger partial charge in [0.25, 0.3) is 18.2 Å². The Kier molecular flexibility index (Phi) is 13.3. The molecular formula is C47H46F2N14O3+2. The highest BCUT2D eigenvalue weighted by Crippen LogP contribution is 2.23. The van der Waals surface area contributed by atoms with E-state index in [4.69, 9.17) is 14.9 Å². The largest absolute Gasteiger partial charge is 0.496 e. The zero-order chi connectivity index (χ0) is 46.2. The molecule has 0 spiro atoms. The summed E-state index contributed by atoms with van der Waals surface area (Å²) in [6, 6.07) is 29.4. The van der Waals surface area contributed by atoms with Crippen molar-refractivity contribution in [1.82, 2.24) is 50.3 Å². The van der Waals surface area contributed by atoms with Gasteiger partial charge in [0.15, 0.2) is 0 Å². The van der Waals surface area contributed by atoms with Crippen molar-refractivity contribution in [3.63, 3.8) is 0 Å². The van der Waals surface area contributed by atoms with Gasteiger partial charge >= 0.3 is 23.3 Å². The first-order valence-corrected chi connectivity index (χ1v) is 20.8. The van der Waals surface area contributed by atoms with E-state index in [9.17, 15) is 18.4 Å². The molecule has 4 N–H and O–H groups in total. The molecule has 334 valence electrons. The second-order valence-electron chi connectivity index (χ2n) is 15.1. The van der Waals surface area contributed by atoms with Gasteiger partial charge in [-0.05, 0) is 78.2 Å². The van der Waals surface area contributed by atoms with Crippen molar-refractivity contribution < 1.29 is 32.2 Å². The molecule has 4 heterocycles. The van der Waals surface area contributed by atoms with Crippen LogP contribution in [0.5, 0.6) is 5.75 Å². The number of aromatic nitrogens is 10. The zero-order valence-electron chi connectivity index (χ0n) is 36.5. The Bertz CT molecular complexity index is 2980. The van der Waals surface area contributed by atoms with Crippen LogP contribution < -0.4 is 35.1 Å². The van der Waals surface area contributed by atoms with E-state index in [-0.39, 0.29) is 37.0 Å². The Morgan fingerprint density at radius 2 is 1.18 bits per heavy atom. The smallest absolute Gasteiger partial charge is 0.331 e. The Morgan fingerprint density at radius 1 is 0.667 bits per heavy atom. The number of hydrogen-bond acceptors (Lipinski definition) is 11. The molecule has 0 unspecified atom stereocenters. The van der Waals surface area contributed by atoms with E-state index in [1.54, 1.807) is 83.7 Å². The van der Waals surface area contributed by atoms with Gasteiger partial charge in [-0.2, -0.15) is 0 Å². The number of carbonyl (C=O) groups is 2. The van der Waals surface area contributed by atoms with Crippen LogP contribution in [0, 0.1) is 6.92 Å². The third kappa shape index (κ3) is 9.84. The van der Waals surface area contributed by atoms with E-state index in [0.717, 1.165) is 16.9 Å². The van der Waals surface area contributed by atoms with Crippen molar-refractivity contribution in [3.05, 3.63) is 173 Å². The number of anilines is 2. The number of carbonyl (C=O) groups excluding carboxylic acids is 2. The Labute approximate surface area is 378 Å². The lowest BCUT2D eigenvalue weighted by Gasteiger charge is -2.12. The van der Waals surface area contributed by atoms with Gasteiger partial charge in [0, 0.05) is 53.5 Å². The topological polar surface area (TPSA) is 186 Å². The molecule has 0 fully saturated rings. The summed E-state index contributed by atoms with van der Waals surface area (Å²) in [6.07, 6.45) is 3.65. The van der Waals surface area contributed by atoms with Gasteiger partial charge in [-0.25, -0.2) is 37.9 Å². The van der Waals surface area contributed by atoms with Crippen molar-refractivity contribution in [1.29, 1.82) is 0 Å². The first-order valence-electron chi connectivity index (χ1n) is 20.8. The minimum absolute atomic E-state index is 0.0760. The normalized spacial score (nSPS) is 11.1. The number of hydrogen-bond donors (Lipinski definition) is 4. The van der Waals surface area contributed by atoms with Crippen molar-refractivity contribution in [3.8, 4) is 28.8 Å². The number of amides is 2. The van der Waals surface area contributed by atoms with Crippen LogP contribution in [0.15, 0.2) is 128 Å². The minimum atomic E-state index is -2.56. The lowest BCUT2D eigenvalue weighted by molar-refractivity contribution is -0.670. The predicted octanol–water partition coefficient (Wildman–Crippen LogP) is 5.29. The van der Waals surface area contributed by atoms with Crippen LogP contribution in [0.4, 0.5) is 20.2 Å². The molecule has 0 radical (unpaired) electrons. The van der Waals surface area contributed by atoms with E-state index in [2.05, 4.69) is 41.2 Å². The van der Waals surface area contributed by atoms with Crippen LogP contribution in [0.1, 0.15) is 61.0 Å². The summed E-state index contributed by atoms with van der Waals surface area (Å²) >= 11 is 0. The molecule has 0 saturated carbocycles. The Hall–Kier alpha value is -8.48. The van der Waals surface area contributed by atoms with Crippen LogP contribution in [0.25, 0.3) is 23.0 Å². The fourth-order valence-electron chi connectivity index (χ4n) is 7.25. The van der Waals surface area contributed by atoms with Crippen molar-refractivity contribution in [2.24, 2.45) is 14.1 Å². The molecule has 8 aromatic rings. The number of benzene rings is 4. The second-order valence-corrected chi connectivity index (χ2v) is 15.1. The first-order chi connectivity index (χ1) is 32.1. The first kappa shape index (κ1) is 44.1. The number of halogens is 2. The third-order valence-electron chi connectivity index (χ3n) is 10.9. The maximum Gasteiger partial charge on any atom is 0.331 e. The SMILES string of the molecule is COc1cccc(CNC(=O)c2cccc(NCc3nn(-n4nc(CNc5cccc(C(=O)NCc6ccc(C(F)F)cc6)c5)[n+](C)c4-c4ccncn4)c(-c4ccncn4)[n+]3C)c2)c1C. The van der Waals surface area contributed by atoms with E-state index < -0.39 is 6.43 Å². The van der Waals surface area contributed by atoms with Crippen molar-refractivity contribution in [2.45, 2.75) is 39.5 Å². The van der Waals surface area contributed by atoms with Gasteiger partial charge in [-0.15, -0.1) is 0 Å². The van der Waals surface area contributed by atoms with Gasteiger partial charge in [0.05, 0.1) is 41.0 Å². The monoisotopic (exact) mass is 892 g/mol. The predicted molar refractivity (Wildman–Crippen MR) is 239 cm³/mol. The van der Waals surface area contributed by atoms with Crippen molar-refractivity contribution >= 4 is 23.2 Å². The molecule has 19 heteroatoms. The van der Waals surface area contributed by atoms with E-state index in [1.807, 2.05) is 66.6 Å². The summed E-state index contributed by atoms with van der Waals surface area (Å²) < 4.78 is 35.2. The van der Waals surface area contributed by atoms with Crippen LogP contribution in [0.2, 0.25) is 0 Å². The van der Waals surface area contributed by atoms with E-state index in [1.165, 1.54) is 24.8 Å². The molecule has 0 atom stereocenters. The third-order valence-corrected chi connectivity index (χ3v) is 10.9. The summed E-state index contributed by atoms with van der Waals surface area (Å²) in [5.41, 5.74) is 5.96. The number of methoxy groups -OCH3 is 1. The molecule has 0 bridgehead atoms.